The molecule has 1 aliphatic heterocycles. The number of rotatable bonds is 8. The second kappa shape index (κ2) is 10.3. The van der Waals surface area contributed by atoms with Crippen LogP contribution in [-0.2, 0) is 10.3 Å². The van der Waals surface area contributed by atoms with Crippen LogP contribution in [0.15, 0.2) is 36.7 Å². The van der Waals surface area contributed by atoms with Gasteiger partial charge in [0.25, 0.3) is 0 Å². The van der Waals surface area contributed by atoms with Crippen molar-refractivity contribution in [3.63, 3.8) is 0 Å². The first kappa shape index (κ1) is 25.0. The number of hydrogen-bond donors (Lipinski definition) is 0. The maximum atomic E-state index is 14.1. The Labute approximate surface area is 206 Å². The van der Waals surface area contributed by atoms with Gasteiger partial charge >= 0.3 is 6.03 Å². The lowest BCUT2D eigenvalue weighted by Gasteiger charge is -2.51. The molecule has 9 heteroatoms. The van der Waals surface area contributed by atoms with Crippen LogP contribution in [-0.4, -0.2) is 72.2 Å². The summed E-state index contributed by atoms with van der Waals surface area (Å²) in [4.78, 5) is 27.7. The highest BCUT2D eigenvalue weighted by atomic mass is 19.1. The van der Waals surface area contributed by atoms with Crippen LogP contribution in [0.25, 0.3) is 0 Å². The Morgan fingerprint density at radius 3 is 2.49 bits per heavy atom. The molecule has 0 radical (unpaired) electrons. The lowest BCUT2D eigenvalue weighted by atomic mass is 9.68. The minimum Gasteiger partial charge on any atom is -0.385 e. The zero-order chi connectivity index (χ0) is 25.1. The molecular weight excluding hydrogens is 447 g/mol. The van der Waals surface area contributed by atoms with E-state index in [9.17, 15) is 9.18 Å². The smallest absolute Gasteiger partial charge is 0.325 e. The maximum Gasteiger partial charge on any atom is 0.325 e. The number of ether oxygens (including phenoxy) is 1. The molecule has 0 N–H and O–H groups in total. The Balaban J connectivity index is 1.62. The Bertz CT molecular complexity index is 1080. The zero-order valence-electron chi connectivity index (χ0n) is 20.7. The van der Waals surface area contributed by atoms with Gasteiger partial charge in [0, 0.05) is 25.8 Å². The third-order valence-electron chi connectivity index (χ3n) is 7.74. The molecule has 2 fully saturated rings. The van der Waals surface area contributed by atoms with Crippen molar-refractivity contribution in [2.75, 3.05) is 45.8 Å². The van der Waals surface area contributed by atoms with Crippen LogP contribution >= 0.6 is 0 Å². The summed E-state index contributed by atoms with van der Waals surface area (Å²) in [6, 6.07) is 8.76. The van der Waals surface area contributed by atoms with E-state index in [4.69, 9.17) is 10.00 Å². The van der Waals surface area contributed by atoms with Gasteiger partial charge < -0.3 is 9.64 Å². The summed E-state index contributed by atoms with van der Waals surface area (Å²) in [5.74, 6) is -0.151. The largest absolute Gasteiger partial charge is 0.385 e. The van der Waals surface area contributed by atoms with Crippen LogP contribution < -0.4 is 4.90 Å². The van der Waals surface area contributed by atoms with Crippen molar-refractivity contribution in [2.45, 2.75) is 49.6 Å². The highest BCUT2D eigenvalue weighted by Gasteiger charge is 2.54. The van der Waals surface area contributed by atoms with E-state index in [0.717, 1.165) is 44.1 Å². The van der Waals surface area contributed by atoms with E-state index >= 15 is 0 Å². The van der Waals surface area contributed by atoms with E-state index in [1.165, 1.54) is 6.07 Å². The van der Waals surface area contributed by atoms with Gasteiger partial charge in [0.1, 0.15) is 11.9 Å². The first-order valence-electron chi connectivity index (χ1n) is 12.1. The molecule has 1 spiro atoms. The summed E-state index contributed by atoms with van der Waals surface area (Å²) in [6.07, 6.45) is 8.03. The van der Waals surface area contributed by atoms with Gasteiger partial charge in [0.2, 0.25) is 5.82 Å². The average Bonchev–Trinajstić information content (AvgIpc) is 3.13. The molecule has 4 rings (SSSR count). The number of anilines is 1. The van der Waals surface area contributed by atoms with Crippen molar-refractivity contribution in [3.8, 4) is 6.07 Å². The van der Waals surface area contributed by atoms with Crippen molar-refractivity contribution >= 4 is 11.7 Å². The normalized spacial score (nSPS) is 24.4. The summed E-state index contributed by atoms with van der Waals surface area (Å²) >= 11 is 0. The van der Waals surface area contributed by atoms with Gasteiger partial charge in [-0.2, -0.15) is 5.26 Å². The topological polar surface area (TPSA) is 85.6 Å². The first-order valence-corrected chi connectivity index (χ1v) is 12.1. The van der Waals surface area contributed by atoms with Crippen molar-refractivity contribution in [2.24, 2.45) is 0 Å². The molecule has 186 valence electrons. The number of hydrogen-bond acceptors (Lipinski definition) is 6. The average molecular weight is 481 g/mol. The summed E-state index contributed by atoms with van der Waals surface area (Å²) in [5.41, 5.74) is 0.960. The number of amides is 2. The number of halogens is 1. The molecule has 1 aromatic carbocycles. The lowest BCUT2D eigenvalue weighted by molar-refractivity contribution is 0.0252. The Morgan fingerprint density at radius 1 is 1.17 bits per heavy atom. The Kier molecular flexibility index (Phi) is 7.33. The number of methoxy groups -OCH3 is 1. The molecule has 2 aliphatic rings. The van der Waals surface area contributed by atoms with Gasteiger partial charge in [-0.3, -0.25) is 9.80 Å². The van der Waals surface area contributed by atoms with E-state index in [1.54, 1.807) is 36.5 Å². The van der Waals surface area contributed by atoms with Crippen LogP contribution in [0.2, 0.25) is 0 Å². The second-order valence-corrected chi connectivity index (χ2v) is 9.76. The van der Waals surface area contributed by atoms with Gasteiger partial charge in [-0.15, -0.1) is 0 Å². The molecular formula is C26H33FN6O2. The molecule has 1 saturated carbocycles. The van der Waals surface area contributed by atoms with Gasteiger partial charge in [-0.05, 0) is 70.3 Å². The fraction of sp³-hybridized carbons (Fsp3) is 0.538. The molecule has 0 bridgehead atoms. The van der Waals surface area contributed by atoms with Gasteiger partial charge in [0.15, 0.2) is 0 Å². The summed E-state index contributed by atoms with van der Waals surface area (Å²) in [6.45, 7) is 1.84. The predicted octanol–water partition coefficient (Wildman–Crippen LogP) is 3.93. The molecule has 0 atom stereocenters. The van der Waals surface area contributed by atoms with Crippen molar-refractivity contribution in [3.05, 3.63) is 53.9 Å². The summed E-state index contributed by atoms with van der Waals surface area (Å²) in [5, 5.41) is 9.03. The number of aromatic nitrogens is 2. The number of nitrogens with zero attached hydrogens (tertiary/aromatic N) is 6. The molecule has 35 heavy (non-hydrogen) atoms. The number of carbonyl (C=O) groups excluding carboxylic acids is 1. The molecule has 2 amide bonds. The van der Waals surface area contributed by atoms with E-state index < -0.39 is 0 Å². The van der Waals surface area contributed by atoms with E-state index in [1.807, 2.05) is 31.1 Å². The number of unbranched alkanes of at least 4 members (excludes halogenated alkanes) is 1. The Morgan fingerprint density at radius 2 is 1.89 bits per heavy atom. The van der Waals surface area contributed by atoms with E-state index in [0.29, 0.717) is 25.4 Å². The number of benzene rings is 1. The highest BCUT2D eigenvalue weighted by Crippen LogP contribution is 2.49. The lowest BCUT2D eigenvalue weighted by Crippen LogP contribution is -2.55. The zero-order valence-corrected chi connectivity index (χ0v) is 20.7. The highest BCUT2D eigenvalue weighted by molar-refractivity contribution is 5.95. The standard InChI is InChI=1S/C26H33FN6O2/c1-31(2)26(20-7-6-8-21(27)15-20)11-9-25(10-12-26)19-32(22-17-29-23(16-28)30-18-22)24(34)33(25)13-4-5-14-35-3/h6-8,15,17-18H,4-5,9-14,19H2,1-3H3/t25-,26+. The molecule has 1 aromatic heterocycles. The maximum absolute atomic E-state index is 14.1. The molecule has 2 heterocycles. The number of nitriles is 1. The van der Waals surface area contributed by atoms with Crippen LogP contribution in [0, 0.1) is 17.1 Å². The minimum atomic E-state index is -0.328. The first-order chi connectivity index (χ1) is 16.8. The van der Waals surface area contributed by atoms with Crippen LogP contribution in [0.1, 0.15) is 49.9 Å². The van der Waals surface area contributed by atoms with Crippen molar-refractivity contribution < 1.29 is 13.9 Å². The Hall–Kier alpha value is -3.09. The van der Waals surface area contributed by atoms with E-state index in [2.05, 4.69) is 14.9 Å². The van der Waals surface area contributed by atoms with Crippen molar-refractivity contribution in [1.82, 2.24) is 19.8 Å². The van der Waals surface area contributed by atoms with Crippen LogP contribution in [0.4, 0.5) is 14.9 Å². The molecule has 2 aromatic rings. The third-order valence-corrected chi connectivity index (χ3v) is 7.74. The fourth-order valence-corrected chi connectivity index (χ4v) is 5.69. The predicted molar refractivity (Wildman–Crippen MR) is 130 cm³/mol. The third kappa shape index (κ3) is 4.73. The minimum absolute atomic E-state index is 0.0566. The summed E-state index contributed by atoms with van der Waals surface area (Å²) in [7, 11) is 5.78. The van der Waals surface area contributed by atoms with Gasteiger partial charge in [0.05, 0.1) is 30.2 Å². The molecule has 0 unspecified atom stereocenters. The van der Waals surface area contributed by atoms with Crippen LogP contribution in [0.3, 0.4) is 0 Å². The SMILES string of the molecule is COCCCCN1C(=O)N(c2cnc(C#N)nc2)C[C@]12CC[C@](c1cccc(F)c1)(N(C)C)CC2. The summed E-state index contributed by atoms with van der Waals surface area (Å²) < 4.78 is 19.3. The monoisotopic (exact) mass is 480 g/mol. The van der Waals surface area contributed by atoms with E-state index in [-0.39, 0.29) is 28.8 Å². The second-order valence-electron chi connectivity index (χ2n) is 9.76. The van der Waals surface area contributed by atoms with Gasteiger partial charge in [-0.1, -0.05) is 12.1 Å². The quantitative estimate of drug-likeness (QED) is 0.533. The fourth-order valence-electron chi connectivity index (χ4n) is 5.69. The van der Waals surface area contributed by atoms with Crippen molar-refractivity contribution in [1.29, 1.82) is 5.26 Å². The molecule has 1 aliphatic carbocycles. The van der Waals surface area contributed by atoms with Gasteiger partial charge in [-0.25, -0.2) is 19.2 Å². The number of urea groups is 1. The molecule has 1 saturated heterocycles. The number of carbonyl (C=O) groups is 1. The molecule has 8 nitrogen and oxygen atoms in total. The van der Waals surface area contributed by atoms with Crippen LogP contribution in [0.5, 0.6) is 0 Å².